The zero-order valence-corrected chi connectivity index (χ0v) is 9.50. The largest absolute Gasteiger partial charge is 0.289 e. The van der Waals surface area contributed by atoms with E-state index in [9.17, 15) is 9.59 Å². The number of fused-ring (bicyclic) bond motifs is 1. The number of nitrogens with one attached hydrogen (secondary N) is 2. The van der Waals surface area contributed by atoms with Gasteiger partial charge in [-0.15, -0.1) is 0 Å². The van der Waals surface area contributed by atoms with Gasteiger partial charge in [-0.05, 0) is 12.1 Å². The standard InChI is InChI=1S/C7H5NOS.C3H7NO2/c9-7-5-3-1-2-4-6(5)10-8-7;1-2-3(5)4-6/h1-4H,(H,8,9);6H,2H2,1H3,(H,4,5). The zero-order valence-electron chi connectivity index (χ0n) is 8.69. The Morgan fingerprint density at radius 3 is 2.69 bits per heavy atom. The summed E-state index contributed by atoms with van der Waals surface area (Å²) >= 11 is 1.38. The fraction of sp³-hybridized carbons (Fsp3) is 0.200. The van der Waals surface area contributed by atoms with E-state index >= 15 is 0 Å². The Balaban J connectivity index is 0.000000187. The maximum Gasteiger partial charge on any atom is 0.265 e. The smallest absolute Gasteiger partial charge is 0.265 e. The highest BCUT2D eigenvalue weighted by molar-refractivity contribution is 7.13. The van der Waals surface area contributed by atoms with Crippen LogP contribution in [0.1, 0.15) is 13.3 Å². The average Bonchev–Trinajstić information content (AvgIpc) is 2.72. The second-order valence-electron chi connectivity index (χ2n) is 2.92. The van der Waals surface area contributed by atoms with Crippen LogP contribution in [0.25, 0.3) is 10.1 Å². The van der Waals surface area contributed by atoms with Crippen LogP contribution in [-0.4, -0.2) is 15.5 Å². The number of H-pyrrole nitrogens is 1. The summed E-state index contributed by atoms with van der Waals surface area (Å²) < 4.78 is 3.68. The predicted molar refractivity (Wildman–Crippen MR) is 62.7 cm³/mol. The first-order valence-electron chi connectivity index (χ1n) is 4.68. The molecule has 1 heterocycles. The van der Waals surface area contributed by atoms with E-state index in [2.05, 4.69) is 4.37 Å². The van der Waals surface area contributed by atoms with E-state index in [1.807, 2.05) is 24.3 Å². The van der Waals surface area contributed by atoms with Gasteiger partial charge in [0.2, 0.25) is 5.91 Å². The monoisotopic (exact) mass is 240 g/mol. The minimum atomic E-state index is -0.352. The average molecular weight is 240 g/mol. The maximum atomic E-state index is 10.9. The molecule has 0 fully saturated rings. The quantitative estimate of drug-likeness (QED) is 0.521. The summed E-state index contributed by atoms with van der Waals surface area (Å²) in [7, 11) is 0. The van der Waals surface area contributed by atoms with Crippen LogP contribution in [0, 0.1) is 0 Å². The van der Waals surface area contributed by atoms with Crippen molar-refractivity contribution in [3.05, 3.63) is 34.6 Å². The molecule has 1 amide bonds. The van der Waals surface area contributed by atoms with E-state index in [4.69, 9.17) is 5.21 Å². The molecule has 16 heavy (non-hydrogen) atoms. The van der Waals surface area contributed by atoms with E-state index in [-0.39, 0.29) is 11.5 Å². The molecule has 0 aliphatic rings. The van der Waals surface area contributed by atoms with Crippen molar-refractivity contribution in [1.29, 1.82) is 0 Å². The number of benzene rings is 1. The molecule has 0 radical (unpaired) electrons. The van der Waals surface area contributed by atoms with Gasteiger partial charge in [-0.3, -0.25) is 19.2 Å². The molecular weight excluding hydrogens is 228 g/mol. The molecule has 0 saturated heterocycles. The van der Waals surface area contributed by atoms with Crippen LogP contribution < -0.4 is 11.0 Å². The Kier molecular flexibility index (Phi) is 4.68. The number of aromatic amines is 1. The van der Waals surface area contributed by atoms with Crippen molar-refractivity contribution in [2.24, 2.45) is 0 Å². The first-order chi connectivity index (χ1) is 7.69. The SMILES string of the molecule is CCC(=O)NO.O=c1[nH]sc2ccccc12. The van der Waals surface area contributed by atoms with Crippen LogP contribution in [0.5, 0.6) is 0 Å². The lowest BCUT2D eigenvalue weighted by Gasteiger charge is -1.85. The number of aromatic nitrogens is 1. The van der Waals surface area contributed by atoms with E-state index in [1.54, 1.807) is 6.92 Å². The van der Waals surface area contributed by atoms with Gasteiger partial charge < -0.3 is 0 Å². The van der Waals surface area contributed by atoms with Crippen LogP contribution in [-0.2, 0) is 4.79 Å². The van der Waals surface area contributed by atoms with Gasteiger partial charge in [-0.25, -0.2) is 5.48 Å². The molecule has 2 aromatic rings. The molecule has 86 valence electrons. The molecule has 0 atom stereocenters. The highest BCUT2D eigenvalue weighted by Gasteiger charge is 1.96. The molecule has 0 saturated carbocycles. The Bertz CT molecular complexity index is 512. The van der Waals surface area contributed by atoms with Crippen molar-refractivity contribution in [2.75, 3.05) is 0 Å². The highest BCUT2D eigenvalue weighted by Crippen LogP contribution is 2.11. The van der Waals surface area contributed by atoms with Gasteiger partial charge in [0.25, 0.3) is 5.56 Å². The topological polar surface area (TPSA) is 82.2 Å². The molecule has 0 unspecified atom stereocenters. The first-order valence-corrected chi connectivity index (χ1v) is 5.49. The third-order valence-electron chi connectivity index (χ3n) is 1.83. The molecule has 2 rings (SSSR count). The fourth-order valence-corrected chi connectivity index (χ4v) is 1.71. The number of hydroxylamine groups is 1. The number of hydrogen-bond donors (Lipinski definition) is 3. The second kappa shape index (κ2) is 6.04. The summed E-state index contributed by atoms with van der Waals surface area (Å²) in [6, 6.07) is 7.54. The lowest BCUT2D eigenvalue weighted by molar-refractivity contribution is -0.128. The van der Waals surface area contributed by atoms with Crippen LogP contribution >= 0.6 is 11.5 Å². The van der Waals surface area contributed by atoms with Gasteiger partial charge in [-0.1, -0.05) is 30.6 Å². The molecule has 0 spiro atoms. The van der Waals surface area contributed by atoms with Gasteiger partial charge in [0.1, 0.15) is 0 Å². The Hall–Kier alpha value is -1.66. The third-order valence-corrected chi connectivity index (χ3v) is 2.69. The van der Waals surface area contributed by atoms with Crippen molar-refractivity contribution in [3.63, 3.8) is 0 Å². The summed E-state index contributed by atoms with van der Waals surface area (Å²) in [6.07, 6.45) is 0.330. The fourth-order valence-electron chi connectivity index (χ4n) is 0.979. The second-order valence-corrected chi connectivity index (χ2v) is 3.77. The molecule has 5 nitrogen and oxygen atoms in total. The van der Waals surface area contributed by atoms with Crippen molar-refractivity contribution in [3.8, 4) is 0 Å². The molecule has 0 aliphatic heterocycles. The number of amides is 1. The third kappa shape index (κ3) is 3.18. The molecule has 1 aromatic heterocycles. The zero-order chi connectivity index (χ0) is 12.0. The van der Waals surface area contributed by atoms with E-state index in [0.717, 1.165) is 10.1 Å². The summed E-state index contributed by atoms with van der Waals surface area (Å²) in [5, 5.41) is 8.52. The summed E-state index contributed by atoms with van der Waals surface area (Å²) in [5.41, 5.74) is 1.49. The van der Waals surface area contributed by atoms with Crippen LogP contribution in [0.3, 0.4) is 0 Å². The van der Waals surface area contributed by atoms with Crippen LogP contribution in [0.2, 0.25) is 0 Å². The molecule has 3 N–H and O–H groups in total. The van der Waals surface area contributed by atoms with Crippen LogP contribution in [0.4, 0.5) is 0 Å². The van der Waals surface area contributed by atoms with Gasteiger partial charge >= 0.3 is 0 Å². The van der Waals surface area contributed by atoms with E-state index < -0.39 is 0 Å². The van der Waals surface area contributed by atoms with Gasteiger partial charge in [-0.2, -0.15) is 0 Å². The lowest BCUT2D eigenvalue weighted by Crippen LogP contribution is -2.16. The number of carbonyl (C=O) groups excluding carboxylic acids is 1. The van der Waals surface area contributed by atoms with E-state index in [0.29, 0.717) is 6.42 Å². The molecular formula is C10H12N2O3S. The van der Waals surface area contributed by atoms with Crippen molar-refractivity contribution in [1.82, 2.24) is 9.85 Å². The Labute approximate surface area is 95.8 Å². The summed E-state index contributed by atoms with van der Waals surface area (Å²) in [4.78, 5) is 20.8. The maximum absolute atomic E-state index is 10.9. The highest BCUT2D eigenvalue weighted by atomic mass is 32.1. The number of rotatable bonds is 1. The Morgan fingerprint density at radius 1 is 1.50 bits per heavy atom. The summed E-state index contributed by atoms with van der Waals surface area (Å²) in [6.45, 7) is 1.66. The summed E-state index contributed by atoms with van der Waals surface area (Å²) in [5.74, 6) is -0.352. The lowest BCUT2D eigenvalue weighted by atomic mass is 10.3. The first kappa shape index (κ1) is 12.4. The molecule has 0 bridgehead atoms. The molecule has 6 heteroatoms. The van der Waals surface area contributed by atoms with Crippen LogP contribution in [0.15, 0.2) is 29.1 Å². The van der Waals surface area contributed by atoms with Gasteiger partial charge in [0, 0.05) is 6.42 Å². The molecule has 1 aromatic carbocycles. The predicted octanol–water partition coefficient (Wildman–Crippen LogP) is 1.49. The Morgan fingerprint density at radius 2 is 2.19 bits per heavy atom. The van der Waals surface area contributed by atoms with Crippen molar-refractivity contribution < 1.29 is 10.0 Å². The van der Waals surface area contributed by atoms with Gasteiger partial charge in [0.15, 0.2) is 0 Å². The minimum absolute atomic E-state index is 0.0144. The van der Waals surface area contributed by atoms with Gasteiger partial charge in [0.05, 0.1) is 10.1 Å². The van der Waals surface area contributed by atoms with Crippen molar-refractivity contribution >= 4 is 27.5 Å². The molecule has 0 aliphatic carbocycles. The van der Waals surface area contributed by atoms with Crippen molar-refractivity contribution in [2.45, 2.75) is 13.3 Å². The number of hydrogen-bond acceptors (Lipinski definition) is 4. The minimum Gasteiger partial charge on any atom is -0.289 e. The number of carbonyl (C=O) groups is 1. The normalized spacial score (nSPS) is 9.38. The van der Waals surface area contributed by atoms with E-state index in [1.165, 1.54) is 17.0 Å².